The summed E-state index contributed by atoms with van der Waals surface area (Å²) in [6, 6.07) is 3.72. The van der Waals surface area contributed by atoms with Crippen molar-refractivity contribution in [3.8, 4) is 0 Å². The third-order valence-electron chi connectivity index (χ3n) is 1.75. The van der Waals surface area contributed by atoms with Crippen molar-refractivity contribution in [1.29, 1.82) is 0 Å². The largest absolute Gasteiger partial charge is 0.384 e. The molecule has 0 unspecified atom stereocenters. The Kier molecular flexibility index (Phi) is 2.41. The first kappa shape index (κ1) is 9.08. The van der Waals surface area contributed by atoms with Gasteiger partial charge >= 0.3 is 0 Å². The molecule has 0 atom stereocenters. The van der Waals surface area contributed by atoms with Gasteiger partial charge in [0.2, 0.25) is 0 Å². The number of hydrogen-bond donors (Lipinski definition) is 1. The van der Waals surface area contributed by atoms with Gasteiger partial charge in [-0.05, 0) is 12.1 Å². The van der Waals surface area contributed by atoms with E-state index in [9.17, 15) is 0 Å². The molecule has 14 heavy (non-hydrogen) atoms. The summed E-state index contributed by atoms with van der Waals surface area (Å²) in [4.78, 5) is 9.25. The van der Waals surface area contributed by atoms with Crippen LogP contribution in [0, 0.1) is 0 Å². The normalized spacial score (nSPS) is 10.4. The van der Waals surface area contributed by atoms with E-state index in [4.69, 9.17) is 5.73 Å². The lowest BCUT2D eigenvalue weighted by atomic mass is 10.5. The molecule has 0 spiro atoms. The molecule has 0 aliphatic rings. The van der Waals surface area contributed by atoms with Gasteiger partial charge in [-0.2, -0.15) is 0 Å². The lowest BCUT2D eigenvalue weighted by molar-refractivity contribution is 0.790. The first-order valence-electron chi connectivity index (χ1n) is 4.12. The molecule has 0 bridgehead atoms. The van der Waals surface area contributed by atoms with Gasteiger partial charge in [0.15, 0.2) is 5.16 Å². The maximum absolute atomic E-state index is 5.49. The van der Waals surface area contributed by atoms with Crippen molar-refractivity contribution >= 4 is 17.6 Å². The fraction of sp³-hybridized carbons (Fsp3) is 0.111. The van der Waals surface area contributed by atoms with Gasteiger partial charge in [-0.25, -0.2) is 9.97 Å². The second kappa shape index (κ2) is 3.71. The van der Waals surface area contributed by atoms with Gasteiger partial charge in [0, 0.05) is 30.5 Å². The summed E-state index contributed by atoms with van der Waals surface area (Å²) in [5.74, 6) is 0.536. The fourth-order valence-electron chi connectivity index (χ4n) is 1.01. The minimum atomic E-state index is 0.536. The van der Waals surface area contributed by atoms with Crippen LogP contribution in [-0.4, -0.2) is 14.5 Å². The summed E-state index contributed by atoms with van der Waals surface area (Å²) in [6.45, 7) is 0. The number of nitrogens with zero attached hydrogens (tertiary/aromatic N) is 3. The van der Waals surface area contributed by atoms with E-state index in [-0.39, 0.29) is 0 Å². The number of imidazole rings is 1. The molecule has 4 nitrogen and oxygen atoms in total. The molecule has 2 rings (SSSR count). The number of aryl methyl sites for hydroxylation is 1. The molecule has 0 aliphatic carbocycles. The SMILES string of the molecule is Cn1ccnc1Sc1ccc(N)nc1. The van der Waals surface area contributed by atoms with Crippen LogP contribution in [0.3, 0.4) is 0 Å². The van der Waals surface area contributed by atoms with Crippen LogP contribution >= 0.6 is 11.8 Å². The van der Waals surface area contributed by atoms with E-state index < -0.39 is 0 Å². The maximum atomic E-state index is 5.49. The smallest absolute Gasteiger partial charge is 0.172 e. The van der Waals surface area contributed by atoms with E-state index in [1.54, 1.807) is 30.2 Å². The summed E-state index contributed by atoms with van der Waals surface area (Å²) in [5, 5.41) is 0.941. The monoisotopic (exact) mass is 206 g/mol. The summed E-state index contributed by atoms with van der Waals surface area (Å²) in [6.07, 6.45) is 5.43. The predicted octanol–water partition coefficient (Wildman–Crippen LogP) is 1.55. The number of anilines is 1. The van der Waals surface area contributed by atoms with Crippen LogP contribution in [0.4, 0.5) is 5.82 Å². The number of hydrogen-bond acceptors (Lipinski definition) is 4. The van der Waals surface area contributed by atoms with Crippen molar-refractivity contribution < 1.29 is 0 Å². The molecule has 2 aromatic rings. The van der Waals surface area contributed by atoms with E-state index in [1.165, 1.54) is 0 Å². The first-order chi connectivity index (χ1) is 6.75. The molecular formula is C9H10N4S. The molecular weight excluding hydrogens is 196 g/mol. The summed E-state index contributed by atoms with van der Waals surface area (Å²) in [7, 11) is 1.96. The number of pyridine rings is 1. The summed E-state index contributed by atoms with van der Waals surface area (Å²) < 4.78 is 1.96. The van der Waals surface area contributed by atoms with Gasteiger partial charge in [-0.3, -0.25) is 0 Å². The van der Waals surface area contributed by atoms with E-state index >= 15 is 0 Å². The molecule has 0 fully saturated rings. The molecule has 0 saturated carbocycles. The van der Waals surface area contributed by atoms with Gasteiger partial charge in [0.05, 0.1) is 0 Å². The lowest BCUT2D eigenvalue weighted by Gasteiger charge is -2.00. The van der Waals surface area contributed by atoms with Crippen molar-refractivity contribution in [3.05, 3.63) is 30.7 Å². The molecule has 0 aromatic carbocycles. The zero-order valence-electron chi connectivity index (χ0n) is 7.71. The van der Waals surface area contributed by atoms with Crippen LogP contribution in [0.2, 0.25) is 0 Å². The van der Waals surface area contributed by atoms with Crippen LogP contribution in [0.1, 0.15) is 0 Å². The average Bonchev–Trinajstić information content (AvgIpc) is 2.56. The van der Waals surface area contributed by atoms with Crippen LogP contribution in [0.15, 0.2) is 40.8 Å². The van der Waals surface area contributed by atoms with Gasteiger partial charge in [-0.1, -0.05) is 11.8 Å². The second-order valence-corrected chi connectivity index (χ2v) is 3.88. The summed E-state index contributed by atoms with van der Waals surface area (Å²) >= 11 is 1.56. The maximum Gasteiger partial charge on any atom is 0.172 e. The molecule has 2 heterocycles. The highest BCUT2D eigenvalue weighted by atomic mass is 32.2. The quantitative estimate of drug-likeness (QED) is 0.810. The topological polar surface area (TPSA) is 56.7 Å². The van der Waals surface area contributed by atoms with Crippen LogP contribution in [0.25, 0.3) is 0 Å². The molecule has 0 saturated heterocycles. The molecule has 0 aliphatic heterocycles. The third-order valence-corrected chi connectivity index (χ3v) is 2.80. The Bertz CT molecular complexity index is 421. The molecule has 2 aromatic heterocycles. The van der Waals surface area contributed by atoms with Gasteiger partial charge in [-0.15, -0.1) is 0 Å². The second-order valence-electron chi connectivity index (χ2n) is 2.84. The number of nitrogens with two attached hydrogens (primary N) is 1. The Morgan fingerprint density at radius 2 is 2.21 bits per heavy atom. The van der Waals surface area contributed by atoms with Crippen molar-refractivity contribution in [1.82, 2.24) is 14.5 Å². The molecule has 0 radical (unpaired) electrons. The highest BCUT2D eigenvalue weighted by molar-refractivity contribution is 7.99. The Hall–Kier alpha value is -1.49. The Balaban J connectivity index is 2.19. The fourth-order valence-corrected chi connectivity index (χ4v) is 1.78. The van der Waals surface area contributed by atoms with Crippen LogP contribution in [-0.2, 0) is 7.05 Å². The minimum Gasteiger partial charge on any atom is -0.384 e. The van der Waals surface area contributed by atoms with E-state index in [0.717, 1.165) is 10.1 Å². The van der Waals surface area contributed by atoms with E-state index in [0.29, 0.717) is 5.82 Å². The van der Waals surface area contributed by atoms with Gasteiger partial charge in [0.25, 0.3) is 0 Å². The van der Waals surface area contributed by atoms with Crippen molar-refractivity contribution in [2.75, 3.05) is 5.73 Å². The van der Waals surface area contributed by atoms with E-state index in [1.807, 2.05) is 23.9 Å². The minimum absolute atomic E-state index is 0.536. The van der Waals surface area contributed by atoms with Gasteiger partial charge < -0.3 is 10.3 Å². The Labute approximate surface area is 86.2 Å². The van der Waals surface area contributed by atoms with Crippen LogP contribution in [0.5, 0.6) is 0 Å². The Morgan fingerprint density at radius 3 is 2.79 bits per heavy atom. The Morgan fingerprint density at radius 1 is 1.36 bits per heavy atom. The van der Waals surface area contributed by atoms with Crippen molar-refractivity contribution in [2.45, 2.75) is 10.1 Å². The van der Waals surface area contributed by atoms with Crippen molar-refractivity contribution in [2.24, 2.45) is 7.05 Å². The molecule has 0 amide bonds. The third kappa shape index (κ3) is 1.88. The zero-order valence-corrected chi connectivity index (χ0v) is 8.53. The van der Waals surface area contributed by atoms with E-state index in [2.05, 4.69) is 9.97 Å². The number of nitrogen functional groups attached to an aromatic ring is 1. The average molecular weight is 206 g/mol. The highest BCUT2D eigenvalue weighted by Gasteiger charge is 2.01. The van der Waals surface area contributed by atoms with Crippen LogP contribution < -0.4 is 5.73 Å². The molecule has 72 valence electrons. The lowest BCUT2D eigenvalue weighted by Crippen LogP contribution is -1.90. The summed E-state index contributed by atoms with van der Waals surface area (Å²) in [5.41, 5.74) is 5.49. The van der Waals surface area contributed by atoms with Crippen molar-refractivity contribution in [3.63, 3.8) is 0 Å². The predicted molar refractivity (Wildman–Crippen MR) is 56.0 cm³/mol. The van der Waals surface area contributed by atoms with Gasteiger partial charge in [0.1, 0.15) is 5.82 Å². The first-order valence-corrected chi connectivity index (χ1v) is 4.94. The highest BCUT2D eigenvalue weighted by Crippen LogP contribution is 2.24. The molecule has 5 heteroatoms. The molecule has 2 N–H and O–H groups in total. The standard InChI is InChI=1S/C9H10N4S/c1-13-5-4-11-9(13)14-7-2-3-8(10)12-6-7/h2-6H,1H3,(H2,10,12). The zero-order chi connectivity index (χ0) is 9.97. The number of aromatic nitrogens is 3. The number of rotatable bonds is 2.